The first-order chi connectivity index (χ1) is 12.5. The van der Waals surface area contributed by atoms with Crippen LogP contribution in [-0.4, -0.2) is 37.0 Å². The first kappa shape index (κ1) is 19.5. The van der Waals surface area contributed by atoms with Crippen LogP contribution in [0.4, 0.5) is 0 Å². The molecular formula is C19H26N4O3. The zero-order valence-corrected chi connectivity index (χ0v) is 15.7. The Balaban J connectivity index is 2.16. The molecule has 0 saturated heterocycles. The molecule has 0 bridgehead atoms. The Bertz CT molecular complexity index is 770. The summed E-state index contributed by atoms with van der Waals surface area (Å²) in [6.07, 6.45) is 5.95. The molecule has 2 aromatic rings. The number of allylic oxidation sites excluding steroid dienone is 1. The minimum Gasteiger partial charge on any atom is -0.493 e. The number of carbonyl (C=O) groups excluding carboxylic acids is 1. The van der Waals surface area contributed by atoms with Crippen molar-refractivity contribution < 1.29 is 14.3 Å². The average molecular weight is 358 g/mol. The number of nitrogens with zero attached hydrogens (tertiary/aromatic N) is 2. The van der Waals surface area contributed by atoms with Crippen molar-refractivity contribution in [3.8, 4) is 11.5 Å². The Morgan fingerprint density at radius 2 is 2.15 bits per heavy atom. The Labute approximate surface area is 154 Å². The van der Waals surface area contributed by atoms with Crippen LogP contribution < -0.4 is 20.1 Å². The molecule has 0 aliphatic carbocycles. The number of carbonyl (C=O) groups is 1. The lowest BCUT2D eigenvalue weighted by Crippen LogP contribution is -2.35. The van der Waals surface area contributed by atoms with E-state index in [9.17, 15) is 4.79 Å². The number of nitrogens with one attached hydrogen (secondary N) is 2. The average Bonchev–Trinajstić information content (AvgIpc) is 3.06. The van der Waals surface area contributed by atoms with Crippen LogP contribution in [0.1, 0.15) is 22.7 Å². The van der Waals surface area contributed by atoms with E-state index in [1.165, 1.54) is 0 Å². The molecule has 1 aromatic carbocycles. The third-order valence-electron chi connectivity index (χ3n) is 4.06. The molecule has 1 heterocycles. The molecule has 140 valence electrons. The number of aryl methyl sites for hydroxylation is 1. The summed E-state index contributed by atoms with van der Waals surface area (Å²) in [4.78, 5) is 12.6. The van der Waals surface area contributed by atoms with Crippen molar-refractivity contribution in [3.05, 3.63) is 53.9 Å². The molecule has 26 heavy (non-hydrogen) atoms. The molecule has 0 radical (unpaired) electrons. The van der Waals surface area contributed by atoms with Gasteiger partial charge in [-0.25, -0.2) is 0 Å². The molecule has 7 heteroatoms. The third kappa shape index (κ3) is 4.43. The van der Waals surface area contributed by atoms with E-state index < -0.39 is 6.04 Å². The molecule has 2 rings (SSSR count). The first-order valence-electron chi connectivity index (χ1n) is 8.32. The van der Waals surface area contributed by atoms with E-state index in [1.54, 1.807) is 38.2 Å². The highest BCUT2D eigenvalue weighted by Crippen LogP contribution is 2.33. The van der Waals surface area contributed by atoms with Crippen molar-refractivity contribution in [2.45, 2.75) is 19.0 Å². The van der Waals surface area contributed by atoms with Crippen LogP contribution in [0.3, 0.4) is 0 Å². The second kappa shape index (κ2) is 9.05. The highest BCUT2D eigenvalue weighted by Gasteiger charge is 2.20. The van der Waals surface area contributed by atoms with Crippen LogP contribution in [-0.2, 0) is 24.8 Å². The van der Waals surface area contributed by atoms with Crippen molar-refractivity contribution in [3.63, 3.8) is 0 Å². The quantitative estimate of drug-likeness (QED) is 0.668. The van der Waals surface area contributed by atoms with E-state index in [4.69, 9.17) is 9.47 Å². The standard InChI is InChI=1S/C19H26N4O3/c1-6-7-14-8-13(9-16(25-4)18(14)26-5)10-21-19(24)17(20-2)15-11-22-23(3)12-15/h6,8-9,11-12,17,20H,1,7,10H2,2-5H3,(H,21,24). The summed E-state index contributed by atoms with van der Waals surface area (Å²) in [5.74, 6) is 1.19. The second-order valence-corrected chi connectivity index (χ2v) is 5.87. The van der Waals surface area contributed by atoms with Crippen LogP contribution in [0.5, 0.6) is 11.5 Å². The summed E-state index contributed by atoms with van der Waals surface area (Å²) >= 11 is 0. The fraction of sp³-hybridized carbons (Fsp3) is 0.368. The van der Waals surface area contributed by atoms with E-state index in [0.717, 1.165) is 16.7 Å². The van der Waals surface area contributed by atoms with Gasteiger partial charge in [-0.15, -0.1) is 6.58 Å². The van der Waals surface area contributed by atoms with Gasteiger partial charge in [0.1, 0.15) is 6.04 Å². The molecular weight excluding hydrogens is 332 g/mol. The molecule has 1 atom stereocenters. The molecule has 1 unspecified atom stereocenters. The molecule has 1 aromatic heterocycles. The molecule has 0 aliphatic heterocycles. The van der Waals surface area contributed by atoms with E-state index >= 15 is 0 Å². The van der Waals surface area contributed by atoms with E-state index in [1.807, 2.05) is 25.4 Å². The first-order valence-corrected chi connectivity index (χ1v) is 8.32. The van der Waals surface area contributed by atoms with Crippen molar-refractivity contribution in [2.75, 3.05) is 21.3 Å². The van der Waals surface area contributed by atoms with Crippen molar-refractivity contribution in [1.82, 2.24) is 20.4 Å². The Kier molecular flexibility index (Phi) is 6.80. The minimum atomic E-state index is -0.462. The zero-order chi connectivity index (χ0) is 19.1. The van der Waals surface area contributed by atoms with Gasteiger partial charge in [0.2, 0.25) is 5.91 Å². The number of likely N-dealkylation sites (N-methyl/N-ethyl adjacent to an activating group) is 1. The molecule has 0 saturated carbocycles. The van der Waals surface area contributed by atoms with Gasteiger partial charge in [-0.1, -0.05) is 6.08 Å². The van der Waals surface area contributed by atoms with Gasteiger partial charge in [-0.2, -0.15) is 5.10 Å². The fourth-order valence-corrected chi connectivity index (χ4v) is 2.85. The maximum atomic E-state index is 12.6. The van der Waals surface area contributed by atoms with Crippen molar-refractivity contribution >= 4 is 5.91 Å². The van der Waals surface area contributed by atoms with Gasteiger partial charge < -0.3 is 20.1 Å². The molecule has 2 N–H and O–H groups in total. The molecule has 1 amide bonds. The topological polar surface area (TPSA) is 77.4 Å². The smallest absolute Gasteiger partial charge is 0.242 e. The van der Waals surface area contributed by atoms with E-state index in [-0.39, 0.29) is 5.91 Å². The maximum absolute atomic E-state index is 12.6. The third-order valence-corrected chi connectivity index (χ3v) is 4.06. The number of benzene rings is 1. The van der Waals surface area contributed by atoms with Crippen molar-refractivity contribution in [1.29, 1.82) is 0 Å². The lowest BCUT2D eigenvalue weighted by atomic mass is 10.0. The van der Waals surface area contributed by atoms with Crippen LogP contribution in [0, 0.1) is 0 Å². The molecule has 0 spiro atoms. The largest absolute Gasteiger partial charge is 0.493 e. The normalized spacial score (nSPS) is 11.7. The number of methoxy groups -OCH3 is 2. The number of rotatable bonds is 9. The Hall–Kier alpha value is -2.80. The fourth-order valence-electron chi connectivity index (χ4n) is 2.85. The lowest BCUT2D eigenvalue weighted by molar-refractivity contribution is -0.123. The summed E-state index contributed by atoms with van der Waals surface area (Å²) in [5, 5.41) is 10.1. The van der Waals surface area contributed by atoms with Gasteiger partial charge in [0.25, 0.3) is 0 Å². The zero-order valence-electron chi connectivity index (χ0n) is 15.7. The van der Waals surface area contributed by atoms with Gasteiger partial charge >= 0.3 is 0 Å². The van der Waals surface area contributed by atoms with Gasteiger partial charge in [0.05, 0.1) is 20.4 Å². The predicted octanol–water partition coefficient (Wildman–Crippen LogP) is 1.74. The van der Waals surface area contributed by atoms with E-state index in [2.05, 4.69) is 22.3 Å². The van der Waals surface area contributed by atoms with Gasteiger partial charge in [-0.3, -0.25) is 9.48 Å². The summed E-state index contributed by atoms with van der Waals surface area (Å²) in [5.41, 5.74) is 2.70. The van der Waals surface area contributed by atoms with Crippen LogP contribution >= 0.6 is 0 Å². The number of hydrogen-bond acceptors (Lipinski definition) is 5. The predicted molar refractivity (Wildman–Crippen MR) is 100 cm³/mol. The summed E-state index contributed by atoms with van der Waals surface area (Å²) < 4.78 is 12.5. The van der Waals surface area contributed by atoms with Gasteiger partial charge in [-0.05, 0) is 31.2 Å². The summed E-state index contributed by atoms with van der Waals surface area (Å²) in [6, 6.07) is 3.39. The highest BCUT2D eigenvalue weighted by atomic mass is 16.5. The number of ether oxygens (including phenoxy) is 2. The Morgan fingerprint density at radius 3 is 2.69 bits per heavy atom. The molecule has 7 nitrogen and oxygen atoms in total. The van der Waals surface area contributed by atoms with Crippen LogP contribution in [0.25, 0.3) is 0 Å². The minimum absolute atomic E-state index is 0.124. The molecule has 0 fully saturated rings. The number of aromatic nitrogens is 2. The Morgan fingerprint density at radius 1 is 1.38 bits per heavy atom. The monoisotopic (exact) mass is 358 g/mol. The summed E-state index contributed by atoms with van der Waals surface area (Å²) in [6.45, 7) is 4.16. The highest BCUT2D eigenvalue weighted by molar-refractivity contribution is 5.83. The number of hydrogen-bond donors (Lipinski definition) is 2. The summed E-state index contributed by atoms with van der Waals surface area (Å²) in [7, 11) is 6.77. The SMILES string of the molecule is C=CCc1cc(CNC(=O)C(NC)c2cnn(C)c2)cc(OC)c1OC. The van der Waals surface area contributed by atoms with Gasteiger partial charge in [0.15, 0.2) is 11.5 Å². The number of amides is 1. The molecule has 0 aliphatic rings. The van der Waals surface area contributed by atoms with Gasteiger partial charge in [0, 0.05) is 30.9 Å². The maximum Gasteiger partial charge on any atom is 0.242 e. The van der Waals surface area contributed by atoms with Crippen LogP contribution in [0.15, 0.2) is 37.2 Å². The second-order valence-electron chi connectivity index (χ2n) is 5.87. The lowest BCUT2D eigenvalue weighted by Gasteiger charge is -2.17. The van der Waals surface area contributed by atoms with E-state index in [0.29, 0.717) is 24.5 Å². The van der Waals surface area contributed by atoms with Crippen LogP contribution in [0.2, 0.25) is 0 Å². The van der Waals surface area contributed by atoms with Crippen molar-refractivity contribution in [2.24, 2.45) is 7.05 Å².